The minimum Gasteiger partial charge on any atom is -0.478 e. The van der Waals surface area contributed by atoms with Gasteiger partial charge in [0.1, 0.15) is 0 Å². The highest BCUT2D eigenvalue weighted by Gasteiger charge is 2.49. The maximum absolute atomic E-state index is 13.3. The molecule has 0 spiro atoms. The van der Waals surface area contributed by atoms with Crippen molar-refractivity contribution in [3.05, 3.63) is 34.0 Å². The number of nitro groups is 1. The average molecular weight is 369 g/mol. The van der Waals surface area contributed by atoms with Gasteiger partial charge in [-0.25, -0.2) is 18.6 Å². The fourth-order valence-electron chi connectivity index (χ4n) is 2.94. The first-order chi connectivity index (χ1) is 12.0. The first-order valence-corrected chi connectivity index (χ1v) is 8.20. The molecule has 0 bridgehead atoms. The Balaban J connectivity index is 2.44. The van der Waals surface area contributed by atoms with Crippen molar-refractivity contribution in [2.45, 2.75) is 45.6 Å². The van der Waals surface area contributed by atoms with Crippen LogP contribution in [0.5, 0.6) is 0 Å². The van der Waals surface area contributed by atoms with Crippen molar-refractivity contribution in [3.63, 3.8) is 0 Å². The van der Waals surface area contributed by atoms with Crippen LogP contribution in [0.1, 0.15) is 39.2 Å². The van der Waals surface area contributed by atoms with Crippen molar-refractivity contribution < 1.29 is 23.6 Å². The van der Waals surface area contributed by atoms with Gasteiger partial charge in [-0.3, -0.25) is 10.1 Å². The molecular weight excluding hydrogens is 348 g/mol. The third-order valence-electron chi connectivity index (χ3n) is 4.18. The highest BCUT2D eigenvalue weighted by Crippen LogP contribution is 2.43. The van der Waals surface area contributed by atoms with Crippen LogP contribution in [0.15, 0.2) is 18.3 Å². The molecule has 26 heavy (non-hydrogen) atoms. The summed E-state index contributed by atoms with van der Waals surface area (Å²) in [7, 11) is 0. The Morgan fingerprint density at radius 1 is 1.54 bits per heavy atom. The number of hydrogen-bond donors (Lipinski definition) is 1. The summed E-state index contributed by atoms with van der Waals surface area (Å²) >= 11 is 0. The number of anilines is 1. The number of hydrogen-bond acceptors (Lipinski definition) is 5. The predicted octanol–water partition coefficient (Wildman–Crippen LogP) is 3.74. The van der Waals surface area contributed by atoms with Crippen molar-refractivity contribution in [2.75, 3.05) is 11.4 Å². The first kappa shape index (κ1) is 19.7. The number of carbonyl (C=O) groups is 1. The Labute approximate surface area is 149 Å². The topological polar surface area (TPSA) is 96.6 Å². The maximum Gasteiger partial charge on any atom is 0.328 e. The number of rotatable bonds is 7. The van der Waals surface area contributed by atoms with E-state index >= 15 is 0 Å². The summed E-state index contributed by atoms with van der Waals surface area (Å²) in [5.74, 6) is -3.79. The Hall–Kier alpha value is -2.58. The van der Waals surface area contributed by atoms with Gasteiger partial charge in [0.15, 0.2) is 0 Å². The Morgan fingerprint density at radius 3 is 2.62 bits per heavy atom. The monoisotopic (exact) mass is 369 g/mol. The number of aromatic nitrogens is 1. The highest BCUT2D eigenvalue weighted by atomic mass is 19.3. The van der Waals surface area contributed by atoms with E-state index in [2.05, 4.69) is 4.98 Å². The molecule has 1 fully saturated rings. The minimum atomic E-state index is -2.75. The molecule has 0 atom stereocenters. The molecule has 1 aliphatic rings. The lowest BCUT2D eigenvalue weighted by atomic mass is 9.86. The molecule has 0 radical (unpaired) electrons. The van der Waals surface area contributed by atoms with E-state index in [1.807, 2.05) is 13.8 Å². The molecule has 9 heteroatoms. The van der Waals surface area contributed by atoms with E-state index in [1.165, 1.54) is 19.2 Å². The minimum absolute atomic E-state index is 0.0380. The fraction of sp³-hybridized carbons (Fsp3) is 0.529. The van der Waals surface area contributed by atoms with E-state index in [4.69, 9.17) is 5.11 Å². The van der Waals surface area contributed by atoms with Gasteiger partial charge < -0.3 is 10.0 Å². The molecule has 0 unspecified atom stereocenters. The van der Waals surface area contributed by atoms with E-state index < -0.39 is 22.9 Å². The molecule has 0 amide bonds. The zero-order valence-corrected chi connectivity index (χ0v) is 14.8. The summed E-state index contributed by atoms with van der Waals surface area (Å²) in [6, 6.07) is 0.724. The Morgan fingerprint density at radius 2 is 2.15 bits per heavy atom. The Kier molecular flexibility index (Phi) is 5.58. The van der Waals surface area contributed by atoms with Gasteiger partial charge >= 0.3 is 11.7 Å². The Bertz CT molecular complexity index is 742. The van der Waals surface area contributed by atoms with Crippen molar-refractivity contribution in [1.29, 1.82) is 0 Å². The second kappa shape index (κ2) is 7.35. The van der Waals surface area contributed by atoms with E-state index in [1.54, 1.807) is 4.90 Å². The number of aliphatic carboxylic acids is 1. The molecule has 1 N–H and O–H groups in total. The molecule has 1 aliphatic carbocycles. The summed E-state index contributed by atoms with van der Waals surface area (Å²) in [6.45, 7) is 5.65. The number of allylic oxidation sites excluding steroid dienone is 1. The summed E-state index contributed by atoms with van der Waals surface area (Å²) < 4.78 is 26.6. The first-order valence-electron chi connectivity index (χ1n) is 8.20. The summed E-state index contributed by atoms with van der Waals surface area (Å²) in [6.07, 6.45) is 1.54. The van der Waals surface area contributed by atoms with Crippen molar-refractivity contribution in [3.8, 4) is 0 Å². The normalized spacial score (nSPS) is 17.1. The molecule has 7 nitrogen and oxygen atoms in total. The number of carboxylic acids is 1. The van der Waals surface area contributed by atoms with E-state index in [0.29, 0.717) is 17.7 Å². The van der Waals surface area contributed by atoms with Crippen LogP contribution in [-0.2, 0) is 4.79 Å². The summed E-state index contributed by atoms with van der Waals surface area (Å²) in [4.78, 5) is 27.4. The third-order valence-corrected chi connectivity index (χ3v) is 4.18. The van der Waals surface area contributed by atoms with Gasteiger partial charge in [0.2, 0.25) is 5.82 Å². The third kappa shape index (κ3) is 4.53. The lowest BCUT2D eigenvalue weighted by Gasteiger charge is -2.43. The predicted molar refractivity (Wildman–Crippen MR) is 92.3 cm³/mol. The number of carboxylic acid groups (broad SMARTS) is 1. The van der Waals surface area contributed by atoms with E-state index in [-0.39, 0.29) is 30.3 Å². The second-order valence-corrected chi connectivity index (χ2v) is 6.95. The molecule has 142 valence electrons. The van der Waals surface area contributed by atoms with Gasteiger partial charge in [-0.2, -0.15) is 0 Å². The number of pyridine rings is 1. The highest BCUT2D eigenvalue weighted by molar-refractivity contribution is 5.89. The summed E-state index contributed by atoms with van der Waals surface area (Å²) in [5, 5.41) is 20.3. The van der Waals surface area contributed by atoms with Crippen LogP contribution in [0.4, 0.5) is 20.3 Å². The quantitative estimate of drug-likeness (QED) is 0.447. The maximum atomic E-state index is 13.3. The van der Waals surface area contributed by atoms with Crippen molar-refractivity contribution in [1.82, 2.24) is 4.98 Å². The van der Waals surface area contributed by atoms with E-state index in [9.17, 15) is 23.7 Å². The average Bonchev–Trinajstić information content (AvgIpc) is 2.48. The standard InChI is InChI=1S/C17H21F2N3O4/c1-10(2)9-21(13-6-17(18,19)7-13)16-14(22(25)26)5-12(8-20-16)11(3)4-15(23)24/h4-5,8,10,13H,6-7,9H2,1-3H3,(H,23,24). The van der Waals surface area contributed by atoms with Crippen LogP contribution in [-0.4, -0.2) is 39.5 Å². The molecule has 2 rings (SSSR count). The molecule has 0 saturated heterocycles. The molecule has 0 aromatic carbocycles. The molecule has 1 heterocycles. The second-order valence-electron chi connectivity index (χ2n) is 6.95. The molecule has 1 saturated carbocycles. The zero-order valence-electron chi connectivity index (χ0n) is 14.8. The number of halogens is 2. The van der Waals surface area contributed by atoms with Gasteiger partial charge in [-0.1, -0.05) is 13.8 Å². The number of nitrogens with zero attached hydrogens (tertiary/aromatic N) is 3. The SMILES string of the molecule is CC(=CC(=O)O)c1cnc(N(CC(C)C)C2CC(F)(F)C2)c([N+](=O)[O-])c1. The largest absolute Gasteiger partial charge is 0.478 e. The van der Waals surface area contributed by atoms with Gasteiger partial charge in [-0.05, 0) is 18.4 Å². The van der Waals surface area contributed by atoms with Crippen LogP contribution in [0.25, 0.3) is 5.57 Å². The fourth-order valence-corrected chi connectivity index (χ4v) is 2.94. The van der Waals surface area contributed by atoms with Crippen LogP contribution < -0.4 is 4.90 Å². The van der Waals surface area contributed by atoms with Gasteiger partial charge in [-0.15, -0.1) is 0 Å². The number of alkyl halides is 2. The van der Waals surface area contributed by atoms with Gasteiger partial charge in [0.25, 0.3) is 5.92 Å². The van der Waals surface area contributed by atoms with Crippen LogP contribution in [0, 0.1) is 16.0 Å². The molecule has 1 aromatic heterocycles. The van der Waals surface area contributed by atoms with Crippen LogP contribution in [0.3, 0.4) is 0 Å². The van der Waals surface area contributed by atoms with Crippen LogP contribution in [0.2, 0.25) is 0 Å². The van der Waals surface area contributed by atoms with Crippen molar-refractivity contribution >= 4 is 23.0 Å². The smallest absolute Gasteiger partial charge is 0.328 e. The van der Waals surface area contributed by atoms with Crippen molar-refractivity contribution in [2.24, 2.45) is 5.92 Å². The van der Waals surface area contributed by atoms with Gasteiger partial charge in [0, 0.05) is 49.3 Å². The lowest BCUT2D eigenvalue weighted by Crippen LogP contribution is -2.52. The molecular formula is C17H21F2N3O4. The van der Waals surface area contributed by atoms with Gasteiger partial charge in [0.05, 0.1) is 4.92 Å². The van der Waals surface area contributed by atoms with E-state index in [0.717, 1.165) is 6.08 Å². The van der Waals surface area contributed by atoms with Crippen LogP contribution >= 0.6 is 0 Å². The molecule has 0 aliphatic heterocycles. The molecule has 1 aromatic rings. The summed E-state index contributed by atoms with van der Waals surface area (Å²) in [5.41, 5.74) is 0.285. The lowest BCUT2D eigenvalue weighted by molar-refractivity contribution is -0.384. The zero-order chi connectivity index (χ0) is 19.6.